The average molecular weight is 731 g/mol. The molecule has 0 heterocycles. The van der Waals surface area contributed by atoms with E-state index >= 15 is 0 Å². The Morgan fingerprint density at radius 1 is 0.673 bits per heavy atom. The molecular weight excluding hydrogens is 652 g/mol. The van der Waals surface area contributed by atoms with Gasteiger partial charge in [0.2, 0.25) is 0 Å². The van der Waals surface area contributed by atoms with Crippen LogP contribution < -0.4 is 0 Å². The first-order valence-electron chi connectivity index (χ1n) is 21.0. The topological polar surface area (TPSA) is 88.1 Å². The van der Waals surface area contributed by atoms with Gasteiger partial charge in [-0.1, -0.05) is 70.8 Å². The Labute approximate surface area is 318 Å². The highest BCUT2D eigenvalue weighted by atomic mass is 16.7. The number of rotatable bonds is 29. The zero-order chi connectivity index (χ0) is 38.6. The molecule has 0 aromatic rings. The molecule has 0 amide bonds. The van der Waals surface area contributed by atoms with Crippen molar-refractivity contribution in [3.63, 3.8) is 0 Å². The first-order valence-corrected chi connectivity index (χ1v) is 21.0. The maximum absolute atomic E-state index is 12.5. The summed E-state index contributed by atoms with van der Waals surface area (Å²) in [5.41, 5.74) is 3.01. The Hall–Kier alpha value is -1.99. The zero-order valence-electron chi connectivity index (χ0n) is 35.0. The lowest BCUT2D eigenvalue weighted by atomic mass is 9.70. The number of unbranched alkanes of at least 4 members (excludes halogenated alkanes) is 3. The first kappa shape index (κ1) is 46.2. The molecule has 52 heavy (non-hydrogen) atoms. The predicted octanol–water partition coefficient (Wildman–Crippen LogP) is 11.7. The van der Waals surface area contributed by atoms with Gasteiger partial charge in [-0.05, 0) is 128 Å². The lowest BCUT2D eigenvalue weighted by molar-refractivity contribution is -0.161. The predicted molar refractivity (Wildman–Crippen MR) is 212 cm³/mol. The van der Waals surface area contributed by atoms with Gasteiger partial charge in [-0.25, -0.2) is 0 Å². The van der Waals surface area contributed by atoms with Crippen molar-refractivity contribution in [2.24, 2.45) is 28.6 Å². The van der Waals surface area contributed by atoms with Gasteiger partial charge in [0.1, 0.15) is 11.9 Å². The molecule has 2 rings (SSSR count). The van der Waals surface area contributed by atoms with Crippen molar-refractivity contribution in [2.75, 3.05) is 19.8 Å². The molecule has 5 atom stereocenters. The summed E-state index contributed by atoms with van der Waals surface area (Å²) < 4.78 is 23.7. The summed E-state index contributed by atoms with van der Waals surface area (Å²) in [5.74, 6) is 1.62. The van der Waals surface area contributed by atoms with Crippen LogP contribution in [0.5, 0.6) is 0 Å². The van der Waals surface area contributed by atoms with Crippen molar-refractivity contribution < 1.29 is 33.3 Å². The van der Waals surface area contributed by atoms with Crippen LogP contribution in [0.4, 0.5) is 0 Å². The molecule has 0 saturated heterocycles. The second-order valence-corrected chi connectivity index (χ2v) is 17.6. The maximum Gasteiger partial charge on any atom is 0.306 e. The number of carbonyl (C=O) groups is 3. The lowest BCUT2D eigenvalue weighted by Gasteiger charge is -2.38. The molecule has 0 aromatic heterocycles. The Balaban J connectivity index is 1.56. The number of esters is 2. The number of carbonyl (C=O) groups excluding carboxylic acids is 3. The van der Waals surface area contributed by atoms with Gasteiger partial charge in [-0.3, -0.25) is 14.4 Å². The molecule has 0 radical (unpaired) electrons. The molecule has 2 aliphatic rings. The van der Waals surface area contributed by atoms with Crippen LogP contribution in [-0.2, 0) is 33.3 Å². The summed E-state index contributed by atoms with van der Waals surface area (Å²) >= 11 is 0. The van der Waals surface area contributed by atoms with E-state index in [0.29, 0.717) is 69.7 Å². The van der Waals surface area contributed by atoms with Gasteiger partial charge in [-0.2, -0.15) is 0 Å². The van der Waals surface area contributed by atoms with E-state index in [2.05, 4.69) is 74.5 Å². The fourth-order valence-corrected chi connectivity index (χ4v) is 7.97. The van der Waals surface area contributed by atoms with Gasteiger partial charge in [0.15, 0.2) is 6.29 Å². The van der Waals surface area contributed by atoms with Crippen LogP contribution in [-0.4, -0.2) is 49.9 Å². The standard InChI is InChI=1S/C45H78O7/c1-34(2)17-14-19-36(5)27-31-50-43(51-32-28-37(6)20-15-18-35(3)4)25-24-41(47)49-30-13-11-10-12-21-39(46)22-16-23-42(48)52-40-33-38-26-29-45(40,9)44(38,7)8/h17-18,36-38,40,43H,10-16,19-33H2,1-9H3/t36?,37?,38-,40+,43?,45+/m0/s1. The highest BCUT2D eigenvalue weighted by molar-refractivity contribution is 5.79. The number of allylic oxidation sites excluding steroid dienone is 4. The summed E-state index contributed by atoms with van der Waals surface area (Å²) in [6, 6.07) is 0. The van der Waals surface area contributed by atoms with Crippen molar-refractivity contribution in [3.8, 4) is 0 Å². The number of fused-ring (bicyclic) bond motifs is 2. The third kappa shape index (κ3) is 17.4. The molecule has 2 fully saturated rings. The monoisotopic (exact) mass is 731 g/mol. The number of hydrogen-bond acceptors (Lipinski definition) is 7. The lowest BCUT2D eigenvalue weighted by Crippen LogP contribution is -2.38. The number of hydrogen-bond donors (Lipinski definition) is 0. The van der Waals surface area contributed by atoms with Crippen LogP contribution in [0.3, 0.4) is 0 Å². The van der Waals surface area contributed by atoms with Gasteiger partial charge in [-0.15, -0.1) is 0 Å². The molecule has 0 aliphatic heterocycles. The maximum atomic E-state index is 12.5. The number of ketones is 1. The summed E-state index contributed by atoms with van der Waals surface area (Å²) in [6.07, 6.45) is 20.0. The van der Waals surface area contributed by atoms with Crippen molar-refractivity contribution in [1.29, 1.82) is 0 Å². The van der Waals surface area contributed by atoms with E-state index in [1.54, 1.807) is 0 Å². The van der Waals surface area contributed by atoms with E-state index in [1.807, 2.05) is 0 Å². The van der Waals surface area contributed by atoms with Gasteiger partial charge in [0.25, 0.3) is 0 Å². The Morgan fingerprint density at radius 2 is 1.25 bits per heavy atom. The summed E-state index contributed by atoms with van der Waals surface area (Å²) in [6.45, 7) is 21.6. The number of Topliss-reactive ketones (excluding diaryl/α,β-unsaturated/α-hetero) is 1. The number of ether oxygens (including phenoxy) is 4. The van der Waals surface area contributed by atoms with E-state index in [9.17, 15) is 14.4 Å². The highest BCUT2D eigenvalue weighted by Gasteiger charge is 2.62. The van der Waals surface area contributed by atoms with Crippen LogP contribution in [0.2, 0.25) is 0 Å². The Kier molecular flexibility index (Phi) is 21.7. The smallest absolute Gasteiger partial charge is 0.306 e. The molecule has 2 unspecified atom stereocenters. The van der Waals surface area contributed by atoms with E-state index in [4.69, 9.17) is 18.9 Å². The fourth-order valence-electron chi connectivity index (χ4n) is 7.97. The van der Waals surface area contributed by atoms with Crippen molar-refractivity contribution in [2.45, 2.75) is 197 Å². The summed E-state index contributed by atoms with van der Waals surface area (Å²) in [5, 5.41) is 0. The largest absolute Gasteiger partial charge is 0.466 e. The van der Waals surface area contributed by atoms with Crippen molar-refractivity contribution in [1.82, 2.24) is 0 Å². The van der Waals surface area contributed by atoms with Crippen LogP contribution in [0, 0.1) is 28.6 Å². The molecule has 0 aromatic carbocycles. The second kappa shape index (κ2) is 24.4. The molecule has 7 nitrogen and oxygen atoms in total. The quantitative estimate of drug-likeness (QED) is 0.0328. The first-order chi connectivity index (χ1) is 24.6. The normalized spacial score (nSPS) is 22.0. The van der Waals surface area contributed by atoms with Gasteiger partial charge in [0.05, 0.1) is 13.0 Å². The minimum absolute atomic E-state index is 0.0156. The minimum atomic E-state index is -0.399. The molecule has 0 spiro atoms. The summed E-state index contributed by atoms with van der Waals surface area (Å²) in [7, 11) is 0. The molecule has 2 aliphatic carbocycles. The van der Waals surface area contributed by atoms with Gasteiger partial charge >= 0.3 is 11.9 Å². The Morgan fingerprint density at radius 3 is 1.79 bits per heavy atom. The average Bonchev–Trinajstić information content (AvgIpc) is 3.40. The molecule has 0 N–H and O–H groups in total. The van der Waals surface area contributed by atoms with E-state index in [0.717, 1.165) is 77.0 Å². The van der Waals surface area contributed by atoms with Crippen LogP contribution in [0.15, 0.2) is 23.3 Å². The van der Waals surface area contributed by atoms with Gasteiger partial charge < -0.3 is 18.9 Å². The molecule has 2 bridgehead atoms. The van der Waals surface area contributed by atoms with E-state index in [1.165, 1.54) is 17.6 Å². The van der Waals surface area contributed by atoms with E-state index < -0.39 is 6.29 Å². The molecule has 7 heteroatoms. The fraction of sp³-hybridized carbons (Fsp3) is 0.844. The molecule has 300 valence electrons. The highest BCUT2D eigenvalue weighted by Crippen LogP contribution is 2.66. The van der Waals surface area contributed by atoms with E-state index in [-0.39, 0.29) is 41.1 Å². The second-order valence-electron chi connectivity index (χ2n) is 17.6. The van der Waals surface area contributed by atoms with Crippen molar-refractivity contribution in [3.05, 3.63) is 23.3 Å². The molecular formula is C45H78O7. The van der Waals surface area contributed by atoms with Crippen molar-refractivity contribution >= 4 is 17.7 Å². The minimum Gasteiger partial charge on any atom is -0.466 e. The third-order valence-corrected chi connectivity index (χ3v) is 12.3. The summed E-state index contributed by atoms with van der Waals surface area (Å²) in [4.78, 5) is 37.5. The van der Waals surface area contributed by atoms with Crippen LogP contribution >= 0.6 is 0 Å². The van der Waals surface area contributed by atoms with Crippen LogP contribution in [0.1, 0.15) is 184 Å². The van der Waals surface area contributed by atoms with Crippen LogP contribution in [0.25, 0.3) is 0 Å². The SMILES string of the molecule is CC(C)=CCCC(C)CCOC(CCC(=O)OCCCCCCC(=O)CCCC(=O)O[C@@H]1C[C@@H]2CC[C@@]1(C)C2(C)C)OCCC(C)CCC=C(C)C. The zero-order valence-corrected chi connectivity index (χ0v) is 35.0. The Bertz CT molecular complexity index is 1080. The molecule has 2 saturated carbocycles. The third-order valence-electron chi connectivity index (χ3n) is 12.3. The van der Waals surface area contributed by atoms with Gasteiger partial charge in [0, 0.05) is 44.3 Å².